The molecule has 0 unspecified atom stereocenters. The van der Waals surface area contributed by atoms with Crippen LogP contribution >= 0.6 is 0 Å². The smallest absolute Gasteiger partial charge is 0.387 e. The maximum absolute atomic E-state index is 12.4. The van der Waals surface area contributed by atoms with Crippen LogP contribution in [0.15, 0.2) is 24.3 Å². The van der Waals surface area contributed by atoms with E-state index < -0.39 is 12.5 Å². The van der Waals surface area contributed by atoms with Crippen LogP contribution in [0.3, 0.4) is 0 Å². The lowest BCUT2D eigenvalue weighted by atomic mass is 10.1. The molecular weight excluding hydrogens is 272 g/mol. The van der Waals surface area contributed by atoms with E-state index in [2.05, 4.69) is 4.74 Å². The lowest BCUT2D eigenvalue weighted by molar-refractivity contribution is -0.162. The van der Waals surface area contributed by atoms with Gasteiger partial charge in [-0.05, 0) is 12.1 Å². The molecule has 5 nitrogen and oxygen atoms in total. The Labute approximate surface area is 115 Å². The summed E-state index contributed by atoms with van der Waals surface area (Å²) < 4.78 is 34.2. The molecule has 0 N–H and O–H groups in total. The van der Waals surface area contributed by atoms with Gasteiger partial charge in [0.05, 0.1) is 14.2 Å². The molecule has 0 aromatic heterocycles. The van der Waals surface area contributed by atoms with Gasteiger partial charge in [0.1, 0.15) is 0 Å². The minimum Gasteiger partial charge on any atom is -0.493 e. The van der Waals surface area contributed by atoms with Gasteiger partial charge in [-0.25, -0.2) is 5.06 Å². The van der Waals surface area contributed by atoms with E-state index in [1.165, 1.54) is 45.6 Å². The van der Waals surface area contributed by atoms with Crippen LogP contribution in [0.25, 0.3) is 6.08 Å². The third-order valence-electron chi connectivity index (χ3n) is 2.43. The van der Waals surface area contributed by atoms with Crippen LogP contribution in [0, 0.1) is 0 Å². The van der Waals surface area contributed by atoms with E-state index in [4.69, 9.17) is 9.57 Å². The van der Waals surface area contributed by atoms with Gasteiger partial charge in [0.2, 0.25) is 0 Å². The van der Waals surface area contributed by atoms with Gasteiger partial charge in [-0.15, -0.1) is 0 Å². The second kappa shape index (κ2) is 7.44. The van der Waals surface area contributed by atoms with Crippen molar-refractivity contribution in [3.63, 3.8) is 0 Å². The number of likely N-dealkylation sites (N-methyl/N-ethyl adjacent to an activating group) is 1. The molecule has 0 aliphatic rings. The fourth-order valence-corrected chi connectivity index (χ4v) is 1.40. The predicted molar refractivity (Wildman–Crippen MR) is 68.4 cm³/mol. The summed E-state index contributed by atoms with van der Waals surface area (Å²) in [5.41, 5.74) is 0.294. The molecule has 1 rings (SSSR count). The molecule has 1 amide bonds. The Morgan fingerprint density at radius 2 is 2.05 bits per heavy atom. The summed E-state index contributed by atoms with van der Waals surface area (Å²) in [6, 6.07) is 4.61. The number of benzene rings is 1. The highest BCUT2D eigenvalue weighted by molar-refractivity contribution is 5.91. The summed E-state index contributed by atoms with van der Waals surface area (Å²) in [4.78, 5) is 16.2. The molecule has 0 radical (unpaired) electrons. The average Bonchev–Trinajstić information content (AvgIpc) is 2.44. The predicted octanol–water partition coefficient (Wildman–Crippen LogP) is 2.33. The van der Waals surface area contributed by atoms with Gasteiger partial charge in [-0.3, -0.25) is 9.63 Å². The van der Waals surface area contributed by atoms with E-state index in [-0.39, 0.29) is 11.5 Å². The number of hydrogen-bond acceptors (Lipinski definition) is 4. The molecule has 0 bridgehead atoms. The summed E-state index contributed by atoms with van der Waals surface area (Å²) in [6.45, 7) is -2.99. The lowest BCUT2D eigenvalue weighted by Gasteiger charge is -2.13. The number of amides is 1. The van der Waals surface area contributed by atoms with Gasteiger partial charge < -0.3 is 9.47 Å². The number of nitrogens with zero attached hydrogens (tertiary/aromatic N) is 1. The number of hydrogen-bond donors (Lipinski definition) is 0. The number of carbonyl (C=O) groups excluding carboxylic acids is 1. The number of alkyl halides is 2. The van der Waals surface area contributed by atoms with Crippen molar-refractivity contribution in [1.82, 2.24) is 5.06 Å². The van der Waals surface area contributed by atoms with Gasteiger partial charge in [0, 0.05) is 18.7 Å². The third kappa shape index (κ3) is 4.20. The zero-order valence-electron chi connectivity index (χ0n) is 11.3. The Balaban J connectivity index is 3.05. The Morgan fingerprint density at radius 1 is 1.35 bits per heavy atom. The molecule has 0 atom stereocenters. The van der Waals surface area contributed by atoms with Crippen LogP contribution in [0.1, 0.15) is 5.56 Å². The second-order valence-corrected chi connectivity index (χ2v) is 3.61. The molecule has 0 aliphatic heterocycles. The van der Waals surface area contributed by atoms with E-state index in [0.29, 0.717) is 5.56 Å². The highest BCUT2D eigenvalue weighted by Crippen LogP contribution is 2.33. The number of hydroxylamine groups is 2. The van der Waals surface area contributed by atoms with Crippen molar-refractivity contribution >= 4 is 12.0 Å². The summed E-state index contributed by atoms with van der Waals surface area (Å²) in [6.07, 6.45) is 2.52. The summed E-state index contributed by atoms with van der Waals surface area (Å²) in [5.74, 6) is -0.424. The Bertz CT molecular complexity index is 491. The molecule has 1 aromatic rings. The van der Waals surface area contributed by atoms with Gasteiger partial charge >= 0.3 is 6.61 Å². The van der Waals surface area contributed by atoms with Crippen LogP contribution < -0.4 is 9.47 Å². The van der Waals surface area contributed by atoms with Crippen LogP contribution in [-0.4, -0.2) is 38.8 Å². The molecule has 0 aliphatic carbocycles. The molecule has 20 heavy (non-hydrogen) atoms. The number of carbonyl (C=O) groups is 1. The fourth-order valence-electron chi connectivity index (χ4n) is 1.40. The number of rotatable bonds is 6. The molecule has 0 fully saturated rings. The first-order valence-corrected chi connectivity index (χ1v) is 5.61. The zero-order valence-corrected chi connectivity index (χ0v) is 11.3. The van der Waals surface area contributed by atoms with Crippen molar-refractivity contribution in [3.05, 3.63) is 29.8 Å². The van der Waals surface area contributed by atoms with Crippen molar-refractivity contribution in [2.45, 2.75) is 6.61 Å². The van der Waals surface area contributed by atoms with Crippen molar-refractivity contribution in [1.29, 1.82) is 0 Å². The topological polar surface area (TPSA) is 48.0 Å². The minimum absolute atomic E-state index is 0.130. The minimum atomic E-state index is -2.99. The fraction of sp³-hybridized carbons (Fsp3) is 0.308. The maximum Gasteiger partial charge on any atom is 0.387 e. The Kier molecular flexibility index (Phi) is 5.92. The van der Waals surface area contributed by atoms with Crippen molar-refractivity contribution < 1.29 is 27.9 Å². The van der Waals surface area contributed by atoms with E-state index in [1.54, 1.807) is 6.07 Å². The van der Waals surface area contributed by atoms with Gasteiger partial charge in [0.25, 0.3) is 5.91 Å². The highest BCUT2D eigenvalue weighted by atomic mass is 19.3. The van der Waals surface area contributed by atoms with E-state index in [1.807, 2.05) is 0 Å². The van der Waals surface area contributed by atoms with Gasteiger partial charge in [-0.2, -0.15) is 8.78 Å². The number of para-hydroxylation sites is 1. The van der Waals surface area contributed by atoms with Crippen molar-refractivity contribution in [3.8, 4) is 11.5 Å². The van der Waals surface area contributed by atoms with Crippen LogP contribution in [0.4, 0.5) is 8.78 Å². The van der Waals surface area contributed by atoms with Gasteiger partial charge in [0.15, 0.2) is 11.5 Å². The Hall–Kier alpha value is -2.15. The molecule has 0 spiro atoms. The van der Waals surface area contributed by atoms with E-state index >= 15 is 0 Å². The monoisotopic (exact) mass is 287 g/mol. The van der Waals surface area contributed by atoms with E-state index in [0.717, 1.165) is 5.06 Å². The number of ether oxygens (including phenoxy) is 2. The average molecular weight is 287 g/mol. The summed E-state index contributed by atoms with van der Waals surface area (Å²) >= 11 is 0. The first-order chi connectivity index (χ1) is 9.49. The standard InChI is InChI=1S/C13H15F2NO4/c1-16(19-3)11(17)8-7-9-5-4-6-10(18-2)12(9)20-13(14)15/h4-8,13H,1-3H3. The van der Waals surface area contributed by atoms with Crippen LogP contribution in [-0.2, 0) is 9.63 Å². The largest absolute Gasteiger partial charge is 0.493 e. The van der Waals surface area contributed by atoms with Crippen molar-refractivity contribution in [2.75, 3.05) is 21.3 Å². The molecule has 0 saturated carbocycles. The normalized spacial score (nSPS) is 10.9. The molecular formula is C13H15F2NO4. The molecule has 7 heteroatoms. The highest BCUT2D eigenvalue weighted by Gasteiger charge is 2.14. The SMILES string of the molecule is COc1cccc(C=CC(=O)N(C)OC)c1OC(F)F. The van der Waals surface area contributed by atoms with Crippen LogP contribution in [0.2, 0.25) is 0 Å². The number of methoxy groups -OCH3 is 1. The van der Waals surface area contributed by atoms with E-state index in [9.17, 15) is 13.6 Å². The molecule has 1 aromatic carbocycles. The zero-order chi connectivity index (χ0) is 15.1. The summed E-state index contributed by atoms with van der Waals surface area (Å²) in [7, 11) is 4.10. The summed E-state index contributed by atoms with van der Waals surface area (Å²) in [5, 5.41) is 0.990. The van der Waals surface area contributed by atoms with Crippen LogP contribution in [0.5, 0.6) is 11.5 Å². The third-order valence-corrected chi connectivity index (χ3v) is 2.43. The molecule has 0 saturated heterocycles. The maximum atomic E-state index is 12.4. The molecule has 0 heterocycles. The number of halogens is 2. The first kappa shape index (κ1) is 15.9. The van der Waals surface area contributed by atoms with Gasteiger partial charge in [-0.1, -0.05) is 12.1 Å². The second-order valence-electron chi connectivity index (χ2n) is 3.61. The quantitative estimate of drug-likeness (QED) is 0.595. The molecule has 110 valence electrons. The Morgan fingerprint density at radius 3 is 2.60 bits per heavy atom. The first-order valence-electron chi connectivity index (χ1n) is 5.61. The lowest BCUT2D eigenvalue weighted by Crippen LogP contribution is -2.22. The van der Waals surface area contributed by atoms with Crippen molar-refractivity contribution in [2.24, 2.45) is 0 Å².